The van der Waals surface area contributed by atoms with Gasteiger partial charge >= 0.3 is 0 Å². The minimum absolute atomic E-state index is 0.470. The van der Waals surface area contributed by atoms with E-state index in [-0.39, 0.29) is 0 Å². The summed E-state index contributed by atoms with van der Waals surface area (Å²) >= 11 is 7.05. The molecule has 0 aliphatic heterocycles. The van der Waals surface area contributed by atoms with Gasteiger partial charge in [0.25, 0.3) is 0 Å². The SMILES string of the molecule is Nc1n[nH]c(-c2cc(Br)ccc2Br)c1-c1ccncc1. The molecular formula is C14H10Br2N4. The van der Waals surface area contributed by atoms with Crippen LogP contribution in [-0.4, -0.2) is 15.2 Å². The summed E-state index contributed by atoms with van der Waals surface area (Å²) in [6.45, 7) is 0. The van der Waals surface area contributed by atoms with Gasteiger partial charge in [-0.25, -0.2) is 0 Å². The molecule has 0 radical (unpaired) electrons. The van der Waals surface area contributed by atoms with Crippen molar-refractivity contribution in [2.45, 2.75) is 0 Å². The van der Waals surface area contributed by atoms with E-state index in [0.717, 1.165) is 31.3 Å². The molecule has 0 amide bonds. The number of pyridine rings is 1. The Labute approximate surface area is 132 Å². The van der Waals surface area contributed by atoms with Crippen molar-refractivity contribution in [3.63, 3.8) is 0 Å². The molecule has 0 saturated carbocycles. The molecule has 2 heterocycles. The third-order valence-electron chi connectivity index (χ3n) is 2.96. The molecule has 3 N–H and O–H groups in total. The van der Waals surface area contributed by atoms with Crippen LogP contribution in [0.2, 0.25) is 0 Å². The van der Waals surface area contributed by atoms with Crippen molar-refractivity contribution < 1.29 is 0 Å². The van der Waals surface area contributed by atoms with Gasteiger partial charge in [-0.1, -0.05) is 31.9 Å². The summed E-state index contributed by atoms with van der Waals surface area (Å²) in [6.07, 6.45) is 3.48. The minimum atomic E-state index is 0.470. The van der Waals surface area contributed by atoms with Crippen LogP contribution in [0.1, 0.15) is 0 Å². The van der Waals surface area contributed by atoms with Gasteiger partial charge in [-0.05, 0) is 35.9 Å². The van der Waals surface area contributed by atoms with Crippen LogP contribution in [0.15, 0.2) is 51.7 Å². The topological polar surface area (TPSA) is 67.6 Å². The van der Waals surface area contributed by atoms with Crippen molar-refractivity contribution in [1.29, 1.82) is 0 Å². The van der Waals surface area contributed by atoms with Gasteiger partial charge in [0, 0.05) is 26.9 Å². The van der Waals surface area contributed by atoms with Crippen LogP contribution in [0.25, 0.3) is 22.4 Å². The summed E-state index contributed by atoms with van der Waals surface area (Å²) in [6, 6.07) is 9.79. The molecule has 4 nitrogen and oxygen atoms in total. The molecule has 0 aliphatic carbocycles. The van der Waals surface area contributed by atoms with Crippen molar-refractivity contribution >= 4 is 37.7 Å². The van der Waals surface area contributed by atoms with Gasteiger partial charge in [-0.15, -0.1) is 0 Å². The van der Waals surface area contributed by atoms with E-state index in [9.17, 15) is 0 Å². The molecule has 3 aromatic rings. The van der Waals surface area contributed by atoms with E-state index in [0.29, 0.717) is 5.82 Å². The summed E-state index contributed by atoms with van der Waals surface area (Å²) in [4.78, 5) is 4.03. The maximum atomic E-state index is 6.01. The highest BCUT2D eigenvalue weighted by atomic mass is 79.9. The number of nitrogens with one attached hydrogen (secondary N) is 1. The highest BCUT2D eigenvalue weighted by molar-refractivity contribution is 9.11. The quantitative estimate of drug-likeness (QED) is 0.683. The van der Waals surface area contributed by atoms with Crippen LogP contribution >= 0.6 is 31.9 Å². The van der Waals surface area contributed by atoms with Gasteiger partial charge in [-0.3, -0.25) is 10.1 Å². The molecule has 0 fully saturated rings. The molecule has 0 bridgehead atoms. The minimum Gasteiger partial charge on any atom is -0.382 e. The summed E-state index contributed by atoms with van der Waals surface area (Å²) in [5.74, 6) is 0.470. The van der Waals surface area contributed by atoms with Gasteiger partial charge in [0.05, 0.1) is 11.3 Å². The van der Waals surface area contributed by atoms with Gasteiger partial charge in [-0.2, -0.15) is 5.10 Å². The first-order valence-corrected chi connectivity index (χ1v) is 7.45. The van der Waals surface area contributed by atoms with E-state index in [1.165, 1.54) is 0 Å². The predicted molar refractivity (Wildman–Crippen MR) is 87.1 cm³/mol. The van der Waals surface area contributed by atoms with Crippen LogP contribution in [0.4, 0.5) is 5.82 Å². The summed E-state index contributed by atoms with van der Waals surface area (Å²) in [5.41, 5.74) is 9.74. The number of nitrogen functional groups attached to an aromatic ring is 1. The average Bonchev–Trinajstić information content (AvgIpc) is 2.84. The zero-order valence-electron chi connectivity index (χ0n) is 10.3. The Balaban J connectivity index is 2.24. The molecule has 0 aliphatic rings. The average molecular weight is 394 g/mol. The smallest absolute Gasteiger partial charge is 0.153 e. The summed E-state index contributed by atoms with van der Waals surface area (Å²) in [7, 11) is 0. The van der Waals surface area contributed by atoms with Gasteiger partial charge in [0.15, 0.2) is 5.82 Å². The molecular weight excluding hydrogens is 384 g/mol. The highest BCUT2D eigenvalue weighted by Gasteiger charge is 2.16. The molecule has 0 saturated heterocycles. The Morgan fingerprint density at radius 1 is 1.05 bits per heavy atom. The van der Waals surface area contributed by atoms with E-state index >= 15 is 0 Å². The standard InChI is InChI=1S/C14H10Br2N4/c15-9-1-2-11(16)10(7-9)13-12(14(17)20-19-13)8-3-5-18-6-4-8/h1-7H,(H3,17,19,20). The number of aromatic nitrogens is 3. The lowest BCUT2D eigenvalue weighted by Gasteiger charge is -2.07. The van der Waals surface area contributed by atoms with Gasteiger partial charge < -0.3 is 5.73 Å². The number of hydrogen-bond donors (Lipinski definition) is 2. The lowest BCUT2D eigenvalue weighted by Crippen LogP contribution is -1.89. The third kappa shape index (κ3) is 2.36. The molecule has 6 heteroatoms. The molecule has 1 aromatic carbocycles. The molecule has 100 valence electrons. The van der Waals surface area contributed by atoms with Crippen LogP contribution in [0, 0.1) is 0 Å². The normalized spacial score (nSPS) is 10.7. The number of nitrogens with two attached hydrogens (primary N) is 1. The van der Waals surface area contributed by atoms with E-state index in [1.807, 2.05) is 30.3 Å². The number of anilines is 1. The summed E-state index contributed by atoms with van der Waals surface area (Å²) in [5, 5.41) is 7.15. The Bertz CT molecular complexity index is 753. The lowest BCUT2D eigenvalue weighted by atomic mass is 10.0. The fraction of sp³-hybridized carbons (Fsp3) is 0. The van der Waals surface area contributed by atoms with Crippen molar-refractivity contribution in [3.05, 3.63) is 51.7 Å². The third-order valence-corrected chi connectivity index (χ3v) is 4.15. The predicted octanol–water partition coefficient (Wildman–Crippen LogP) is 4.25. The molecule has 2 aromatic heterocycles. The maximum absolute atomic E-state index is 6.01. The van der Waals surface area contributed by atoms with E-state index in [1.54, 1.807) is 12.4 Å². The number of H-pyrrole nitrogens is 1. The molecule has 0 unspecified atom stereocenters. The van der Waals surface area contributed by atoms with Crippen molar-refractivity contribution in [3.8, 4) is 22.4 Å². The lowest BCUT2D eigenvalue weighted by molar-refractivity contribution is 1.10. The first kappa shape index (κ1) is 13.3. The molecule has 0 atom stereocenters. The first-order valence-electron chi connectivity index (χ1n) is 5.86. The second-order valence-corrected chi connectivity index (χ2v) is 5.99. The zero-order chi connectivity index (χ0) is 14.1. The monoisotopic (exact) mass is 392 g/mol. The number of aromatic amines is 1. The van der Waals surface area contributed by atoms with Crippen LogP contribution in [0.5, 0.6) is 0 Å². The molecule has 20 heavy (non-hydrogen) atoms. The number of benzene rings is 1. The number of rotatable bonds is 2. The van der Waals surface area contributed by atoms with E-state index in [2.05, 4.69) is 47.0 Å². The maximum Gasteiger partial charge on any atom is 0.153 e. The number of nitrogens with zero attached hydrogens (tertiary/aromatic N) is 2. The Hall–Kier alpha value is -1.66. The van der Waals surface area contributed by atoms with E-state index in [4.69, 9.17) is 5.73 Å². The van der Waals surface area contributed by atoms with Gasteiger partial charge in [0.2, 0.25) is 0 Å². The highest BCUT2D eigenvalue weighted by Crippen LogP contribution is 2.38. The van der Waals surface area contributed by atoms with E-state index < -0.39 is 0 Å². The van der Waals surface area contributed by atoms with Crippen molar-refractivity contribution in [2.75, 3.05) is 5.73 Å². The molecule has 3 rings (SSSR count). The second kappa shape index (κ2) is 5.38. The van der Waals surface area contributed by atoms with Crippen LogP contribution in [0.3, 0.4) is 0 Å². The van der Waals surface area contributed by atoms with Crippen LogP contribution < -0.4 is 5.73 Å². The second-order valence-electron chi connectivity index (χ2n) is 4.22. The first-order chi connectivity index (χ1) is 9.66. The molecule has 0 spiro atoms. The fourth-order valence-corrected chi connectivity index (χ4v) is 2.86. The largest absolute Gasteiger partial charge is 0.382 e. The Kier molecular flexibility index (Phi) is 3.58. The number of halogens is 2. The fourth-order valence-electron chi connectivity index (χ4n) is 2.05. The Morgan fingerprint density at radius 2 is 1.80 bits per heavy atom. The number of hydrogen-bond acceptors (Lipinski definition) is 3. The van der Waals surface area contributed by atoms with Crippen molar-refractivity contribution in [1.82, 2.24) is 15.2 Å². The summed E-state index contributed by atoms with van der Waals surface area (Å²) < 4.78 is 1.96. The van der Waals surface area contributed by atoms with Crippen molar-refractivity contribution in [2.24, 2.45) is 0 Å². The van der Waals surface area contributed by atoms with Gasteiger partial charge in [0.1, 0.15) is 0 Å². The zero-order valence-corrected chi connectivity index (χ0v) is 13.4. The van der Waals surface area contributed by atoms with Crippen LogP contribution in [-0.2, 0) is 0 Å². The Morgan fingerprint density at radius 3 is 2.55 bits per heavy atom.